The largest absolute Gasteiger partial charge is 0.497 e. The highest BCUT2D eigenvalue weighted by Gasteiger charge is 2.30. The Hall–Kier alpha value is -3.47. The quantitative estimate of drug-likeness (QED) is 0.625. The summed E-state index contributed by atoms with van der Waals surface area (Å²) in [6.45, 7) is 0. The zero-order chi connectivity index (χ0) is 20.0. The summed E-state index contributed by atoms with van der Waals surface area (Å²) in [5.41, 5.74) is -0.877. The van der Waals surface area contributed by atoms with E-state index in [1.165, 1.54) is 32.4 Å². The summed E-state index contributed by atoms with van der Waals surface area (Å²) in [6, 6.07) is 10.7. The Balaban J connectivity index is 2.32. The summed E-state index contributed by atoms with van der Waals surface area (Å²) >= 11 is 0. The van der Waals surface area contributed by atoms with E-state index in [4.69, 9.17) is 9.47 Å². The Morgan fingerprint density at radius 1 is 1.15 bits per heavy atom. The van der Waals surface area contributed by atoms with Gasteiger partial charge in [-0.1, -0.05) is 6.07 Å². The second-order valence-electron chi connectivity index (χ2n) is 5.31. The van der Waals surface area contributed by atoms with Crippen molar-refractivity contribution in [1.82, 2.24) is 0 Å². The van der Waals surface area contributed by atoms with E-state index in [9.17, 15) is 23.2 Å². The van der Waals surface area contributed by atoms with Gasteiger partial charge in [0.15, 0.2) is 0 Å². The number of nitriles is 1. The van der Waals surface area contributed by atoms with Crippen molar-refractivity contribution in [2.75, 3.05) is 19.5 Å². The molecule has 0 aliphatic carbocycles. The van der Waals surface area contributed by atoms with Gasteiger partial charge in [-0.3, -0.25) is 4.79 Å². The first-order chi connectivity index (χ1) is 12.8. The van der Waals surface area contributed by atoms with E-state index in [1.54, 1.807) is 24.3 Å². The molecule has 2 aromatic rings. The van der Waals surface area contributed by atoms with Crippen LogP contribution in [0.15, 0.2) is 48.0 Å². The van der Waals surface area contributed by atoms with Gasteiger partial charge in [-0.05, 0) is 42.5 Å². The van der Waals surface area contributed by atoms with E-state index in [0.29, 0.717) is 17.1 Å². The van der Waals surface area contributed by atoms with Gasteiger partial charge in [0.1, 0.15) is 23.1 Å². The van der Waals surface area contributed by atoms with Gasteiger partial charge in [0.2, 0.25) is 0 Å². The zero-order valence-electron chi connectivity index (χ0n) is 14.4. The first kappa shape index (κ1) is 19.8. The molecule has 0 spiro atoms. The number of carbonyl (C=O) groups excluding carboxylic acids is 1. The molecule has 8 heteroatoms. The van der Waals surface area contributed by atoms with Crippen molar-refractivity contribution in [3.05, 3.63) is 59.2 Å². The molecule has 0 unspecified atom stereocenters. The molecular weight excluding hydrogens is 361 g/mol. The molecule has 0 aliphatic rings. The minimum absolute atomic E-state index is 0.0754. The Labute approximate surface area is 153 Å². The summed E-state index contributed by atoms with van der Waals surface area (Å²) < 4.78 is 48.6. The van der Waals surface area contributed by atoms with Crippen LogP contribution in [0.4, 0.5) is 18.9 Å². The van der Waals surface area contributed by atoms with Crippen LogP contribution in [-0.4, -0.2) is 20.1 Å². The van der Waals surface area contributed by atoms with E-state index < -0.39 is 17.6 Å². The second kappa shape index (κ2) is 8.27. The van der Waals surface area contributed by atoms with Gasteiger partial charge in [-0.15, -0.1) is 0 Å². The fourth-order valence-corrected chi connectivity index (χ4v) is 2.23. The van der Waals surface area contributed by atoms with Gasteiger partial charge < -0.3 is 14.8 Å². The molecule has 0 heterocycles. The maximum Gasteiger partial charge on any atom is 0.416 e. The molecule has 27 heavy (non-hydrogen) atoms. The van der Waals surface area contributed by atoms with Crippen LogP contribution in [0.25, 0.3) is 6.08 Å². The normalized spacial score (nSPS) is 11.5. The van der Waals surface area contributed by atoms with Gasteiger partial charge in [0.25, 0.3) is 5.91 Å². The van der Waals surface area contributed by atoms with E-state index in [0.717, 1.165) is 12.1 Å². The minimum atomic E-state index is -4.54. The SMILES string of the molecule is COc1ccc(OC)c(/C=C(/C#N)C(=O)Nc2cccc(C(F)(F)F)c2)c1. The van der Waals surface area contributed by atoms with Crippen LogP contribution in [-0.2, 0) is 11.0 Å². The molecule has 0 radical (unpaired) electrons. The maximum atomic E-state index is 12.8. The zero-order valence-corrected chi connectivity index (χ0v) is 14.4. The van der Waals surface area contributed by atoms with Crippen LogP contribution >= 0.6 is 0 Å². The average molecular weight is 376 g/mol. The molecule has 1 amide bonds. The number of carbonyl (C=O) groups is 1. The number of alkyl halides is 3. The number of benzene rings is 2. The standard InChI is InChI=1S/C19H15F3N2O3/c1-26-16-6-7-17(27-2)12(9-16)8-13(11-23)18(25)24-15-5-3-4-14(10-15)19(20,21)22/h3-10H,1-2H3,(H,24,25)/b13-8-. The van der Waals surface area contributed by atoms with Gasteiger partial charge in [0.05, 0.1) is 19.8 Å². The number of methoxy groups -OCH3 is 2. The lowest BCUT2D eigenvalue weighted by molar-refractivity contribution is -0.137. The van der Waals surface area contributed by atoms with Gasteiger partial charge in [-0.2, -0.15) is 18.4 Å². The molecule has 140 valence electrons. The van der Waals surface area contributed by atoms with Crippen LogP contribution in [0.5, 0.6) is 11.5 Å². The lowest BCUT2D eigenvalue weighted by Gasteiger charge is -2.10. The number of nitrogens with one attached hydrogen (secondary N) is 1. The fourth-order valence-electron chi connectivity index (χ4n) is 2.23. The predicted octanol–water partition coefficient (Wildman–Crippen LogP) is 4.27. The predicted molar refractivity (Wildman–Crippen MR) is 93.2 cm³/mol. The number of nitrogens with zero attached hydrogens (tertiary/aromatic N) is 1. The van der Waals surface area contributed by atoms with Crippen molar-refractivity contribution < 1.29 is 27.4 Å². The van der Waals surface area contributed by atoms with Crippen LogP contribution in [0, 0.1) is 11.3 Å². The van der Waals surface area contributed by atoms with E-state index in [1.807, 2.05) is 0 Å². The molecular formula is C19H15F3N2O3. The molecule has 0 aromatic heterocycles. The molecule has 5 nitrogen and oxygen atoms in total. The van der Waals surface area contributed by atoms with Crippen molar-refractivity contribution in [1.29, 1.82) is 5.26 Å². The number of anilines is 1. The number of hydrogen-bond acceptors (Lipinski definition) is 4. The average Bonchev–Trinajstić information content (AvgIpc) is 2.65. The van der Waals surface area contributed by atoms with Crippen molar-refractivity contribution in [2.24, 2.45) is 0 Å². The highest BCUT2D eigenvalue weighted by Crippen LogP contribution is 2.31. The number of halogens is 3. The minimum Gasteiger partial charge on any atom is -0.497 e. The summed E-state index contributed by atoms with van der Waals surface area (Å²) in [5.74, 6) is 0.0368. The molecule has 0 saturated carbocycles. The fraction of sp³-hybridized carbons (Fsp3) is 0.158. The summed E-state index contributed by atoms with van der Waals surface area (Å²) in [7, 11) is 2.88. The van der Waals surface area contributed by atoms with Crippen LogP contribution in [0.3, 0.4) is 0 Å². The van der Waals surface area contributed by atoms with E-state index in [2.05, 4.69) is 5.32 Å². The number of hydrogen-bond donors (Lipinski definition) is 1. The third-order valence-corrected chi connectivity index (χ3v) is 3.55. The summed E-state index contributed by atoms with van der Waals surface area (Å²) in [4.78, 5) is 12.3. The second-order valence-corrected chi connectivity index (χ2v) is 5.31. The monoisotopic (exact) mass is 376 g/mol. The molecule has 0 fully saturated rings. The summed E-state index contributed by atoms with van der Waals surface area (Å²) in [5, 5.41) is 11.6. The van der Waals surface area contributed by atoms with Crippen molar-refractivity contribution >= 4 is 17.7 Å². The van der Waals surface area contributed by atoms with Gasteiger partial charge >= 0.3 is 6.18 Å². The highest BCUT2D eigenvalue weighted by atomic mass is 19.4. The van der Waals surface area contributed by atoms with E-state index in [-0.39, 0.29) is 11.3 Å². The first-order valence-electron chi connectivity index (χ1n) is 7.61. The number of rotatable bonds is 5. The van der Waals surface area contributed by atoms with Gasteiger partial charge in [0, 0.05) is 11.3 Å². The molecule has 1 N–H and O–H groups in total. The molecule has 0 bridgehead atoms. The topological polar surface area (TPSA) is 71.3 Å². The number of amides is 1. The third-order valence-electron chi connectivity index (χ3n) is 3.55. The maximum absolute atomic E-state index is 12.8. The van der Waals surface area contributed by atoms with Crippen molar-refractivity contribution in [3.8, 4) is 17.6 Å². The molecule has 2 rings (SSSR count). The molecule has 0 saturated heterocycles. The van der Waals surface area contributed by atoms with Crippen molar-refractivity contribution in [2.45, 2.75) is 6.18 Å². The first-order valence-corrected chi connectivity index (χ1v) is 7.61. The summed E-state index contributed by atoms with van der Waals surface area (Å²) in [6.07, 6.45) is -3.27. The molecule has 0 atom stereocenters. The van der Waals surface area contributed by atoms with Crippen LogP contribution in [0.1, 0.15) is 11.1 Å². The molecule has 0 aliphatic heterocycles. The Morgan fingerprint density at radius 2 is 1.89 bits per heavy atom. The van der Waals surface area contributed by atoms with Gasteiger partial charge in [-0.25, -0.2) is 0 Å². The number of ether oxygens (including phenoxy) is 2. The Bertz CT molecular complexity index is 915. The molecule has 2 aromatic carbocycles. The highest BCUT2D eigenvalue weighted by molar-refractivity contribution is 6.09. The lowest BCUT2D eigenvalue weighted by atomic mass is 10.1. The third kappa shape index (κ3) is 5.01. The van der Waals surface area contributed by atoms with E-state index >= 15 is 0 Å². The van der Waals surface area contributed by atoms with Crippen LogP contribution < -0.4 is 14.8 Å². The van der Waals surface area contributed by atoms with Crippen molar-refractivity contribution in [3.63, 3.8) is 0 Å². The van der Waals surface area contributed by atoms with Crippen LogP contribution in [0.2, 0.25) is 0 Å². The Morgan fingerprint density at radius 3 is 2.48 bits per heavy atom. The smallest absolute Gasteiger partial charge is 0.416 e. The Kier molecular flexibility index (Phi) is 6.08. The lowest BCUT2D eigenvalue weighted by Crippen LogP contribution is -2.14.